The number of rotatable bonds is 6. The predicted octanol–water partition coefficient (Wildman–Crippen LogP) is 3.27. The van der Waals surface area contributed by atoms with Crippen LogP contribution in [0.25, 0.3) is 0 Å². The van der Waals surface area contributed by atoms with Gasteiger partial charge in [-0.25, -0.2) is 4.98 Å². The molecular formula is C20H31N3O3S. The Morgan fingerprint density at radius 2 is 1.96 bits per heavy atom. The summed E-state index contributed by atoms with van der Waals surface area (Å²) >= 11 is 1.65. The van der Waals surface area contributed by atoms with Crippen molar-refractivity contribution in [3.8, 4) is 0 Å². The first-order chi connectivity index (χ1) is 12.6. The van der Waals surface area contributed by atoms with E-state index in [0.717, 1.165) is 25.7 Å². The standard InChI is InChI=1S/C20H31N3O3S/c1-12(2)27-11-16(24)22-14-9-15(20(14)7-6-8-20)23-17(25)13-10-26-18(21-13)19(3,4)5/h10,12,14-15H,6-9,11H2,1-5H3,(H,22,24)(H,23,25). The lowest BCUT2D eigenvalue weighted by Crippen LogP contribution is -2.71. The molecule has 2 atom stereocenters. The van der Waals surface area contributed by atoms with Gasteiger partial charge in [0.15, 0.2) is 11.6 Å². The first kappa shape index (κ1) is 20.2. The maximum atomic E-state index is 12.6. The van der Waals surface area contributed by atoms with Gasteiger partial charge >= 0.3 is 0 Å². The van der Waals surface area contributed by atoms with Crippen LogP contribution in [0.2, 0.25) is 0 Å². The molecule has 0 radical (unpaired) electrons. The second kappa shape index (κ2) is 7.49. The molecule has 2 fully saturated rings. The summed E-state index contributed by atoms with van der Waals surface area (Å²) in [6.07, 6.45) is 5.47. The fourth-order valence-electron chi connectivity index (χ4n) is 3.91. The maximum Gasteiger partial charge on any atom is 0.273 e. The van der Waals surface area contributed by atoms with Crippen molar-refractivity contribution in [1.82, 2.24) is 15.6 Å². The third kappa shape index (κ3) is 4.18. The van der Waals surface area contributed by atoms with E-state index in [9.17, 15) is 9.59 Å². The quantitative estimate of drug-likeness (QED) is 0.775. The zero-order chi connectivity index (χ0) is 19.8. The maximum absolute atomic E-state index is 12.6. The van der Waals surface area contributed by atoms with Gasteiger partial charge in [0.05, 0.1) is 5.75 Å². The minimum atomic E-state index is -0.229. The van der Waals surface area contributed by atoms with E-state index < -0.39 is 0 Å². The molecule has 2 N–H and O–H groups in total. The average Bonchev–Trinajstić information content (AvgIpc) is 3.00. The molecule has 2 unspecified atom stereocenters. The van der Waals surface area contributed by atoms with Gasteiger partial charge in [0.2, 0.25) is 5.91 Å². The molecule has 0 aliphatic heterocycles. The van der Waals surface area contributed by atoms with Gasteiger partial charge in [0, 0.05) is 22.9 Å². The van der Waals surface area contributed by atoms with Crippen LogP contribution in [0.3, 0.4) is 0 Å². The lowest BCUT2D eigenvalue weighted by molar-refractivity contribution is -0.125. The van der Waals surface area contributed by atoms with Crippen LogP contribution in [0.4, 0.5) is 0 Å². The molecule has 1 spiro atoms. The third-order valence-corrected chi connectivity index (χ3v) is 6.81. The first-order valence-electron chi connectivity index (χ1n) is 9.79. The highest BCUT2D eigenvalue weighted by atomic mass is 32.2. The number of nitrogens with zero attached hydrogens (tertiary/aromatic N) is 1. The molecule has 2 saturated carbocycles. The average molecular weight is 394 g/mol. The van der Waals surface area contributed by atoms with E-state index in [-0.39, 0.29) is 34.7 Å². The van der Waals surface area contributed by atoms with Crippen molar-refractivity contribution in [2.24, 2.45) is 5.41 Å². The van der Waals surface area contributed by atoms with E-state index in [1.54, 1.807) is 11.8 Å². The van der Waals surface area contributed by atoms with Crippen LogP contribution in [-0.2, 0) is 10.2 Å². The molecule has 150 valence electrons. The Labute approximate surface area is 165 Å². The number of hydrogen-bond acceptors (Lipinski definition) is 5. The summed E-state index contributed by atoms with van der Waals surface area (Å²) in [6, 6.07) is 0.260. The normalized spacial score (nSPS) is 23.6. The summed E-state index contributed by atoms with van der Waals surface area (Å²) in [6.45, 7) is 10.2. The molecule has 2 aliphatic carbocycles. The summed E-state index contributed by atoms with van der Waals surface area (Å²) in [5, 5.41) is 6.76. The molecule has 1 aromatic rings. The van der Waals surface area contributed by atoms with Gasteiger partial charge in [-0.3, -0.25) is 9.59 Å². The van der Waals surface area contributed by atoms with E-state index in [1.807, 2.05) is 20.8 Å². The SMILES string of the molecule is CC(C)SCC(=O)NC1CC(NC(=O)c2coc(C(C)(C)C)n2)C12CCC2. The number of hydrogen-bond donors (Lipinski definition) is 2. The molecule has 6 nitrogen and oxygen atoms in total. The van der Waals surface area contributed by atoms with Gasteiger partial charge in [0.1, 0.15) is 6.26 Å². The van der Waals surface area contributed by atoms with Crippen molar-refractivity contribution in [3.05, 3.63) is 17.8 Å². The van der Waals surface area contributed by atoms with Gasteiger partial charge < -0.3 is 15.1 Å². The smallest absolute Gasteiger partial charge is 0.273 e. The Hall–Kier alpha value is -1.50. The van der Waals surface area contributed by atoms with Crippen molar-refractivity contribution in [1.29, 1.82) is 0 Å². The highest BCUT2D eigenvalue weighted by Gasteiger charge is 2.59. The zero-order valence-electron chi connectivity index (χ0n) is 16.9. The predicted molar refractivity (Wildman–Crippen MR) is 107 cm³/mol. The number of carbonyl (C=O) groups is 2. The van der Waals surface area contributed by atoms with Crippen molar-refractivity contribution in [2.45, 2.75) is 83.1 Å². The minimum Gasteiger partial charge on any atom is -0.448 e. The number of thioether (sulfide) groups is 1. The lowest BCUT2D eigenvalue weighted by Gasteiger charge is -2.61. The van der Waals surface area contributed by atoms with Gasteiger partial charge in [-0.1, -0.05) is 41.0 Å². The molecule has 3 rings (SSSR count). The van der Waals surface area contributed by atoms with Crippen molar-refractivity contribution >= 4 is 23.6 Å². The molecule has 0 saturated heterocycles. The lowest BCUT2D eigenvalue weighted by atomic mass is 9.50. The van der Waals surface area contributed by atoms with Crippen LogP contribution in [0.5, 0.6) is 0 Å². The number of nitrogens with one attached hydrogen (secondary N) is 2. The van der Waals surface area contributed by atoms with Crippen LogP contribution in [0.15, 0.2) is 10.7 Å². The second-order valence-electron chi connectivity index (χ2n) is 9.12. The molecule has 2 amide bonds. The van der Waals surface area contributed by atoms with E-state index >= 15 is 0 Å². The summed E-state index contributed by atoms with van der Waals surface area (Å²) in [7, 11) is 0. The highest BCUT2D eigenvalue weighted by molar-refractivity contribution is 8.00. The first-order valence-corrected chi connectivity index (χ1v) is 10.8. The van der Waals surface area contributed by atoms with Gasteiger partial charge in [-0.15, -0.1) is 11.8 Å². The molecule has 7 heteroatoms. The number of oxazole rings is 1. The van der Waals surface area contributed by atoms with E-state index in [4.69, 9.17) is 4.42 Å². The number of carbonyl (C=O) groups excluding carboxylic acids is 2. The molecule has 27 heavy (non-hydrogen) atoms. The Balaban J connectivity index is 1.56. The Kier molecular flexibility index (Phi) is 5.62. The van der Waals surface area contributed by atoms with E-state index in [0.29, 0.717) is 22.6 Å². The third-order valence-electron chi connectivity index (χ3n) is 5.71. The molecular weight excluding hydrogens is 362 g/mol. The Morgan fingerprint density at radius 3 is 2.48 bits per heavy atom. The summed E-state index contributed by atoms with van der Waals surface area (Å²) in [5.74, 6) is 0.967. The molecule has 2 aliphatic rings. The largest absolute Gasteiger partial charge is 0.448 e. The minimum absolute atomic E-state index is 0.0183. The fourth-order valence-corrected chi connectivity index (χ4v) is 4.48. The van der Waals surface area contributed by atoms with Crippen molar-refractivity contribution in [3.63, 3.8) is 0 Å². The van der Waals surface area contributed by atoms with Gasteiger partial charge in [-0.2, -0.15) is 0 Å². The van der Waals surface area contributed by atoms with Crippen LogP contribution in [0.1, 0.15) is 76.7 Å². The van der Waals surface area contributed by atoms with E-state index in [1.165, 1.54) is 6.26 Å². The van der Waals surface area contributed by atoms with Crippen LogP contribution < -0.4 is 10.6 Å². The zero-order valence-corrected chi connectivity index (χ0v) is 17.7. The Morgan fingerprint density at radius 1 is 1.30 bits per heavy atom. The molecule has 1 heterocycles. The van der Waals surface area contributed by atoms with Crippen LogP contribution in [-0.4, -0.2) is 39.9 Å². The second-order valence-corrected chi connectivity index (χ2v) is 10.7. The fraction of sp³-hybridized carbons (Fsp3) is 0.750. The molecule has 1 aromatic heterocycles. The monoisotopic (exact) mass is 393 g/mol. The summed E-state index contributed by atoms with van der Waals surface area (Å²) in [4.78, 5) is 29.1. The van der Waals surface area contributed by atoms with Crippen molar-refractivity contribution < 1.29 is 14.0 Å². The number of aromatic nitrogens is 1. The summed E-state index contributed by atoms with van der Waals surface area (Å²) < 4.78 is 5.46. The Bertz CT molecular complexity index is 704. The van der Waals surface area contributed by atoms with E-state index in [2.05, 4.69) is 29.5 Å². The molecule has 0 bridgehead atoms. The van der Waals surface area contributed by atoms with Crippen LogP contribution >= 0.6 is 11.8 Å². The number of amides is 2. The van der Waals surface area contributed by atoms with Crippen molar-refractivity contribution in [2.75, 3.05) is 5.75 Å². The van der Waals surface area contributed by atoms with Crippen LogP contribution in [0, 0.1) is 5.41 Å². The van der Waals surface area contributed by atoms with Gasteiger partial charge in [-0.05, 0) is 24.5 Å². The molecule has 0 aromatic carbocycles. The highest BCUT2D eigenvalue weighted by Crippen LogP contribution is 2.56. The topological polar surface area (TPSA) is 84.2 Å². The summed E-state index contributed by atoms with van der Waals surface area (Å²) in [5.41, 5.74) is 0.119. The van der Waals surface area contributed by atoms with Gasteiger partial charge in [0.25, 0.3) is 5.91 Å².